The minimum absolute atomic E-state index is 0.120. The summed E-state index contributed by atoms with van der Waals surface area (Å²) < 4.78 is 32.9. The third kappa shape index (κ3) is 3.03. The SMILES string of the molecule is CC1CN(S(=O)(=O)c2ccc(N3C(=O)c4ccccc4C3=O)cc2)CC(C)O1. The number of sulfonamides is 1. The van der Waals surface area contributed by atoms with Crippen LogP contribution in [0.3, 0.4) is 0 Å². The number of hydrogen-bond acceptors (Lipinski definition) is 5. The first-order chi connectivity index (χ1) is 13.3. The summed E-state index contributed by atoms with van der Waals surface area (Å²) in [6, 6.07) is 12.5. The summed E-state index contributed by atoms with van der Waals surface area (Å²) in [6.07, 6.45) is -0.368. The first kappa shape index (κ1) is 18.8. The van der Waals surface area contributed by atoms with E-state index in [0.29, 0.717) is 16.8 Å². The molecule has 2 aliphatic rings. The van der Waals surface area contributed by atoms with Gasteiger partial charge < -0.3 is 4.74 Å². The fourth-order valence-corrected chi connectivity index (χ4v) is 5.26. The molecule has 7 nitrogen and oxygen atoms in total. The zero-order valence-electron chi connectivity index (χ0n) is 15.5. The van der Waals surface area contributed by atoms with Crippen LogP contribution in [0, 0.1) is 0 Å². The van der Waals surface area contributed by atoms with Crippen LogP contribution in [0.1, 0.15) is 34.6 Å². The largest absolute Gasteiger partial charge is 0.373 e. The maximum Gasteiger partial charge on any atom is 0.266 e. The number of carbonyl (C=O) groups excluding carboxylic acids is 2. The van der Waals surface area contributed by atoms with Gasteiger partial charge >= 0.3 is 0 Å². The topological polar surface area (TPSA) is 84.0 Å². The molecule has 0 radical (unpaired) electrons. The Morgan fingerprint density at radius 1 is 0.857 bits per heavy atom. The Hall–Kier alpha value is -2.55. The van der Waals surface area contributed by atoms with Gasteiger partial charge in [-0.15, -0.1) is 0 Å². The van der Waals surface area contributed by atoms with E-state index in [4.69, 9.17) is 4.74 Å². The molecule has 8 heteroatoms. The summed E-state index contributed by atoms with van der Waals surface area (Å²) in [6.45, 7) is 4.24. The monoisotopic (exact) mass is 400 g/mol. The first-order valence-electron chi connectivity index (χ1n) is 9.02. The van der Waals surface area contributed by atoms with E-state index < -0.39 is 21.8 Å². The van der Waals surface area contributed by atoms with Gasteiger partial charge in [-0.3, -0.25) is 9.59 Å². The molecule has 2 aliphatic heterocycles. The van der Waals surface area contributed by atoms with Gasteiger partial charge in [-0.05, 0) is 50.2 Å². The molecule has 1 saturated heterocycles. The van der Waals surface area contributed by atoms with Crippen molar-refractivity contribution in [3.8, 4) is 0 Å². The van der Waals surface area contributed by atoms with E-state index in [1.165, 1.54) is 28.6 Å². The van der Waals surface area contributed by atoms with Crippen LogP contribution in [0.25, 0.3) is 0 Å². The van der Waals surface area contributed by atoms with Gasteiger partial charge in [0.2, 0.25) is 10.0 Å². The molecule has 0 N–H and O–H groups in total. The van der Waals surface area contributed by atoms with Crippen LogP contribution in [0.15, 0.2) is 53.4 Å². The van der Waals surface area contributed by atoms with Crippen molar-refractivity contribution >= 4 is 27.5 Å². The lowest BCUT2D eigenvalue weighted by Gasteiger charge is -2.34. The lowest BCUT2D eigenvalue weighted by molar-refractivity contribution is -0.0440. The summed E-state index contributed by atoms with van der Waals surface area (Å²) in [4.78, 5) is 26.3. The second-order valence-electron chi connectivity index (χ2n) is 7.06. The average Bonchev–Trinajstić information content (AvgIpc) is 2.92. The highest BCUT2D eigenvalue weighted by Gasteiger charge is 2.37. The van der Waals surface area contributed by atoms with E-state index >= 15 is 0 Å². The standard InChI is InChI=1S/C20H20N2O5S/c1-13-11-21(12-14(2)27-13)28(25,26)16-9-7-15(8-10-16)22-19(23)17-5-3-4-6-18(17)20(22)24/h3-10,13-14H,11-12H2,1-2H3. The van der Waals surface area contributed by atoms with Crippen LogP contribution in [0.5, 0.6) is 0 Å². The number of morpholine rings is 1. The lowest BCUT2D eigenvalue weighted by atomic mass is 10.1. The van der Waals surface area contributed by atoms with E-state index in [-0.39, 0.29) is 30.2 Å². The van der Waals surface area contributed by atoms with Gasteiger partial charge in [0.25, 0.3) is 11.8 Å². The molecule has 4 rings (SSSR count). The molecule has 0 spiro atoms. The van der Waals surface area contributed by atoms with Gasteiger partial charge in [0, 0.05) is 13.1 Å². The molecular weight excluding hydrogens is 380 g/mol. The predicted molar refractivity (Wildman–Crippen MR) is 103 cm³/mol. The van der Waals surface area contributed by atoms with Gasteiger partial charge in [-0.2, -0.15) is 4.31 Å². The van der Waals surface area contributed by atoms with Crippen molar-refractivity contribution in [1.29, 1.82) is 0 Å². The minimum Gasteiger partial charge on any atom is -0.373 e. The van der Waals surface area contributed by atoms with Crippen LogP contribution >= 0.6 is 0 Å². The van der Waals surface area contributed by atoms with Gasteiger partial charge in [0.1, 0.15) is 0 Å². The molecule has 2 atom stereocenters. The number of fused-ring (bicyclic) bond motifs is 1. The Kier molecular flexibility index (Phi) is 4.57. The molecule has 1 fully saturated rings. The quantitative estimate of drug-likeness (QED) is 0.738. The van der Waals surface area contributed by atoms with Crippen LogP contribution in [0.4, 0.5) is 5.69 Å². The summed E-state index contributed by atoms with van der Waals surface area (Å²) in [5, 5.41) is 0. The smallest absolute Gasteiger partial charge is 0.266 e. The molecule has 0 aliphatic carbocycles. The van der Waals surface area contributed by atoms with Gasteiger partial charge in [-0.25, -0.2) is 13.3 Å². The molecule has 2 aromatic rings. The van der Waals surface area contributed by atoms with E-state index in [1.807, 2.05) is 13.8 Å². The highest BCUT2D eigenvalue weighted by atomic mass is 32.2. The number of imide groups is 1. The van der Waals surface area contributed by atoms with Crippen LogP contribution in [0.2, 0.25) is 0 Å². The second-order valence-corrected chi connectivity index (χ2v) is 9.00. The molecule has 146 valence electrons. The third-order valence-electron chi connectivity index (χ3n) is 4.91. The molecule has 2 aromatic carbocycles. The number of carbonyl (C=O) groups is 2. The van der Waals surface area contributed by atoms with Crippen molar-refractivity contribution in [3.05, 3.63) is 59.7 Å². The van der Waals surface area contributed by atoms with E-state index in [9.17, 15) is 18.0 Å². The maximum atomic E-state index is 12.9. The van der Waals surface area contributed by atoms with Crippen LogP contribution < -0.4 is 4.90 Å². The molecule has 0 bridgehead atoms. The number of nitrogens with zero attached hydrogens (tertiary/aromatic N) is 2. The normalized spacial score (nSPS) is 23.1. The predicted octanol–water partition coefficient (Wildman–Crippen LogP) is 2.29. The van der Waals surface area contributed by atoms with Gasteiger partial charge in [0.15, 0.2) is 0 Å². The number of ether oxygens (including phenoxy) is 1. The van der Waals surface area contributed by atoms with Gasteiger partial charge in [-0.1, -0.05) is 12.1 Å². The maximum absolute atomic E-state index is 12.9. The van der Waals surface area contributed by atoms with Crippen LogP contribution in [-0.2, 0) is 14.8 Å². The molecule has 0 aromatic heterocycles. The van der Waals surface area contributed by atoms with E-state index in [0.717, 1.165) is 4.90 Å². The summed E-state index contributed by atoms with van der Waals surface area (Å²) in [7, 11) is -3.68. The lowest BCUT2D eigenvalue weighted by Crippen LogP contribution is -2.48. The van der Waals surface area contributed by atoms with E-state index in [2.05, 4.69) is 0 Å². The third-order valence-corrected chi connectivity index (χ3v) is 6.76. The van der Waals surface area contributed by atoms with Crippen molar-refractivity contribution < 1.29 is 22.7 Å². The summed E-state index contributed by atoms with van der Waals surface area (Å²) >= 11 is 0. The Morgan fingerprint density at radius 3 is 1.86 bits per heavy atom. The molecular formula is C20H20N2O5S. The number of anilines is 1. The van der Waals surface area contributed by atoms with Gasteiger partial charge in [0.05, 0.1) is 33.9 Å². The molecule has 2 heterocycles. The molecule has 2 amide bonds. The Morgan fingerprint density at radius 2 is 1.36 bits per heavy atom. The molecule has 2 unspecified atom stereocenters. The zero-order chi connectivity index (χ0) is 20.1. The van der Waals surface area contributed by atoms with Crippen molar-refractivity contribution in [2.45, 2.75) is 31.0 Å². The summed E-state index contributed by atoms with van der Waals surface area (Å²) in [5.41, 5.74) is 1.04. The van der Waals surface area contributed by atoms with Crippen molar-refractivity contribution in [2.24, 2.45) is 0 Å². The first-order valence-corrected chi connectivity index (χ1v) is 10.5. The van der Waals surface area contributed by atoms with Crippen molar-refractivity contribution in [3.63, 3.8) is 0 Å². The number of amides is 2. The fourth-order valence-electron chi connectivity index (χ4n) is 3.67. The van der Waals surface area contributed by atoms with Crippen LogP contribution in [-0.4, -0.2) is 49.8 Å². The van der Waals surface area contributed by atoms with E-state index in [1.54, 1.807) is 24.3 Å². The number of hydrogen-bond donors (Lipinski definition) is 0. The highest BCUT2D eigenvalue weighted by Crippen LogP contribution is 2.30. The average molecular weight is 400 g/mol. The Balaban J connectivity index is 1.61. The zero-order valence-corrected chi connectivity index (χ0v) is 16.3. The Labute approximate surface area is 163 Å². The van der Waals surface area contributed by atoms with Crippen molar-refractivity contribution in [1.82, 2.24) is 4.31 Å². The van der Waals surface area contributed by atoms with Crippen molar-refractivity contribution in [2.75, 3.05) is 18.0 Å². The second kappa shape index (κ2) is 6.80. The Bertz CT molecular complexity index is 1000. The molecule has 28 heavy (non-hydrogen) atoms. The highest BCUT2D eigenvalue weighted by molar-refractivity contribution is 7.89. The fraction of sp³-hybridized carbons (Fsp3) is 0.300. The number of rotatable bonds is 3. The summed E-state index contributed by atoms with van der Waals surface area (Å²) in [5.74, 6) is -0.820. The minimum atomic E-state index is -3.68. The molecule has 0 saturated carbocycles. The number of benzene rings is 2.